The number of nitrogens with zero attached hydrogens (tertiary/aromatic N) is 3. The van der Waals surface area contributed by atoms with Crippen LogP contribution in [0, 0.1) is 5.92 Å². The van der Waals surface area contributed by atoms with Gasteiger partial charge >= 0.3 is 0 Å². The maximum absolute atomic E-state index is 12.5. The first-order valence-electron chi connectivity index (χ1n) is 12.1. The number of halogens is 1. The second-order valence-electron chi connectivity index (χ2n) is 9.12. The minimum Gasteiger partial charge on any atom is -0.368 e. The molecule has 2 aromatic rings. The lowest BCUT2D eigenvalue weighted by atomic mass is 9.85. The normalized spacial score (nSPS) is 20.2. The van der Waals surface area contributed by atoms with Crippen molar-refractivity contribution in [3.8, 4) is 0 Å². The van der Waals surface area contributed by atoms with Gasteiger partial charge < -0.3 is 15.5 Å². The van der Waals surface area contributed by atoms with Crippen molar-refractivity contribution >= 4 is 40.5 Å². The third kappa shape index (κ3) is 4.55. The van der Waals surface area contributed by atoms with Crippen LogP contribution in [-0.4, -0.2) is 61.7 Å². The molecule has 1 atom stereocenters. The molecule has 8 heteroatoms. The maximum Gasteiger partial charge on any atom is 0.251 e. The highest BCUT2D eigenvalue weighted by Crippen LogP contribution is 2.32. The van der Waals surface area contributed by atoms with E-state index in [0.717, 1.165) is 74.8 Å². The van der Waals surface area contributed by atoms with Crippen molar-refractivity contribution in [1.82, 2.24) is 10.2 Å². The van der Waals surface area contributed by atoms with E-state index in [0.29, 0.717) is 17.1 Å². The van der Waals surface area contributed by atoms with Gasteiger partial charge in [0.05, 0.1) is 28.0 Å². The number of hydrogen-bond donors (Lipinski definition) is 2. The lowest BCUT2D eigenvalue weighted by Gasteiger charge is -2.36. The molecule has 34 heavy (non-hydrogen) atoms. The lowest BCUT2D eigenvalue weighted by molar-refractivity contribution is -0.118. The second-order valence-corrected chi connectivity index (χ2v) is 9.53. The molecule has 0 spiro atoms. The first kappa shape index (κ1) is 22.9. The average Bonchev–Trinajstić information content (AvgIpc) is 2.85. The van der Waals surface area contributed by atoms with Crippen LogP contribution < -0.4 is 15.5 Å². The summed E-state index contributed by atoms with van der Waals surface area (Å²) in [5.41, 5.74) is 5.65. The van der Waals surface area contributed by atoms with Gasteiger partial charge in [-0.25, -0.2) is 0 Å². The van der Waals surface area contributed by atoms with E-state index in [1.54, 1.807) is 6.07 Å². The van der Waals surface area contributed by atoms with Crippen molar-refractivity contribution in [2.45, 2.75) is 26.3 Å². The Hall–Kier alpha value is -2.90. The van der Waals surface area contributed by atoms with E-state index in [4.69, 9.17) is 11.6 Å². The van der Waals surface area contributed by atoms with Gasteiger partial charge in [-0.3, -0.25) is 19.5 Å². The first-order valence-corrected chi connectivity index (χ1v) is 12.4. The van der Waals surface area contributed by atoms with E-state index in [1.807, 2.05) is 19.1 Å². The zero-order valence-electron chi connectivity index (χ0n) is 19.4. The Morgan fingerprint density at radius 1 is 1.18 bits per heavy atom. The lowest BCUT2D eigenvalue weighted by Crippen LogP contribution is -2.46. The van der Waals surface area contributed by atoms with Crippen LogP contribution >= 0.6 is 11.6 Å². The Bertz CT molecular complexity index is 1140. The Morgan fingerprint density at radius 3 is 2.76 bits per heavy atom. The zero-order chi connectivity index (χ0) is 23.7. The topological polar surface area (TPSA) is 77.0 Å². The number of fused-ring (bicyclic) bond motifs is 3. The fourth-order valence-corrected chi connectivity index (χ4v) is 5.38. The number of aliphatic imine (C=N–C) groups is 1. The summed E-state index contributed by atoms with van der Waals surface area (Å²) in [5.74, 6) is -0.123. The standard InChI is InChI=1S/C26H30ClN5O2/c1-2-28-25(33)18-6-8-23(21(27)15-18)32-12-10-31(11-13-32)16-17-5-7-19-22(14-17)30-26(34)20-4-3-9-29-24(19)20/h5-8,14-15,20H,2-4,9-13,16H2,1H3,(H,28,33)(H,30,34). The Morgan fingerprint density at radius 2 is 2.00 bits per heavy atom. The van der Waals surface area contributed by atoms with E-state index in [1.165, 1.54) is 5.56 Å². The molecule has 7 nitrogen and oxygen atoms in total. The zero-order valence-corrected chi connectivity index (χ0v) is 20.2. The fraction of sp³-hybridized carbons (Fsp3) is 0.423. The molecule has 1 fully saturated rings. The van der Waals surface area contributed by atoms with Crippen molar-refractivity contribution in [2.75, 3.05) is 49.5 Å². The van der Waals surface area contributed by atoms with Crippen LogP contribution in [0.25, 0.3) is 0 Å². The molecule has 2 aromatic carbocycles. The number of anilines is 2. The Balaban J connectivity index is 1.22. The van der Waals surface area contributed by atoms with Crippen LogP contribution in [0.2, 0.25) is 5.02 Å². The molecule has 0 radical (unpaired) electrons. The van der Waals surface area contributed by atoms with Crippen LogP contribution in [-0.2, 0) is 11.3 Å². The van der Waals surface area contributed by atoms with Crippen LogP contribution in [0.1, 0.15) is 41.3 Å². The van der Waals surface area contributed by atoms with Crippen molar-refractivity contribution < 1.29 is 9.59 Å². The quantitative estimate of drug-likeness (QED) is 0.687. The SMILES string of the molecule is CCNC(=O)c1ccc(N2CCN(Cc3ccc4c(c3)NC(=O)C3CCCN=C43)CC2)c(Cl)c1. The molecule has 3 aliphatic heterocycles. The Kier molecular flexibility index (Phi) is 6.57. The van der Waals surface area contributed by atoms with Crippen LogP contribution in [0.5, 0.6) is 0 Å². The van der Waals surface area contributed by atoms with Crippen LogP contribution in [0.4, 0.5) is 11.4 Å². The monoisotopic (exact) mass is 479 g/mol. The van der Waals surface area contributed by atoms with Crippen molar-refractivity contribution in [1.29, 1.82) is 0 Å². The molecule has 3 aliphatic rings. The number of carbonyl (C=O) groups is 2. The minimum absolute atomic E-state index is 0.0757. The number of amides is 2. The number of rotatable bonds is 5. The van der Waals surface area contributed by atoms with Gasteiger partial charge in [0.15, 0.2) is 0 Å². The molecule has 0 aromatic heterocycles. The third-order valence-corrected chi connectivity index (χ3v) is 7.17. The molecule has 0 bridgehead atoms. The first-order chi connectivity index (χ1) is 16.5. The number of carbonyl (C=O) groups excluding carboxylic acids is 2. The van der Waals surface area contributed by atoms with E-state index in [-0.39, 0.29) is 17.7 Å². The predicted octanol–water partition coefficient (Wildman–Crippen LogP) is 3.56. The van der Waals surface area contributed by atoms with Gasteiger partial charge in [-0.05, 0) is 49.6 Å². The summed E-state index contributed by atoms with van der Waals surface area (Å²) in [4.78, 5) is 34.0. The summed E-state index contributed by atoms with van der Waals surface area (Å²) >= 11 is 6.52. The van der Waals surface area contributed by atoms with Crippen molar-refractivity contribution in [3.05, 3.63) is 58.1 Å². The predicted molar refractivity (Wildman–Crippen MR) is 136 cm³/mol. The summed E-state index contributed by atoms with van der Waals surface area (Å²) in [5, 5.41) is 6.51. The van der Waals surface area contributed by atoms with E-state index < -0.39 is 0 Å². The molecule has 0 saturated carbocycles. The number of nitrogens with one attached hydrogen (secondary N) is 2. The molecule has 1 unspecified atom stereocenters. The molecule has 5 rings (SSSR count). The highest BCUT2D eigenvalue weighted by atomic mass is 35.5. The van der Waals surface area contributed by atoms with Crippen molar-refractivity contribution in [2.24, 2.45) is 10.9 Å². The van der Waals surface area contributed by atoms with Gasteiger partial charge in [-0.15, -0.1) is 0 Å². The number of benzene rings is 2. The molecule has 2 N–H and O–H groups in total. The fourth-order valence-electron chi connectivity index (χ4n) is 5.08. The summed E-state index contributed by atoms with van der Waals surface area (Å²) in [6, 6.07) is 11.9. The molecule has 2 amide bonds. The van der Waals surface area contributed by atoms with E-state index in [2.05, 4.69) is 43.6 Å². The smallest absolute Gasteiger partial charge is 0.251 e. The average molecular weight is 480 g/mol. The summed E-state index contributed by atoms with van der Waals surface area (Å²) in [7, 11) is 0. The number of piperazine rings is 1. The van der Waals surface area contributed by atoms with E-state index >= 15 is 0 Å². The minimum atomic E-state index is -0.104. The Labute approximate surface area is 205 Å². The molecule has 3 heterocycles. The molecular formula is C26H30ClN5O2. The van der Waals surface area contributed by atoms with Gasteiger partial charge in [0.2, 0.25) is 5.91 Å². The molecular weight excluding hydrogens is 450 g/mol. The van der Waals surface area contributed by atoms with E-state index in [9.17, 15) is 9.59 Å². The summed E-state index contributed by atoms with van der Waals surface area (Å²) in [6.07, 6.45) is 1.86. The summed E-state index contributed by atoms with van der Waals surface area (Å²) in [6.45, 7) is 7.67. The summed E-state index contributed by atoms with van der Waals surface area (Å²) < 4.78 is 0. The molecule has 1 saturated heterocycles. The number of hydrogen-bond acceptors (Lipinski definition) is 5. The van der Waals surface area contributed by atoms with Crippen LogP contribution in [0.15, 0.2) is 41.4 Å². The van der Waals surface area contributed by atoms with Crippen LogP contribution in [0.3, 0.4) is 0 Å². The van der Waals surface area contributed by atoms with Gasteiger partial charge in [-0.1, -0.05) is 23.7 Å². The van der Waals surface area contributed by atoms with Gasteiger partial charge in [-0.2, -0.15) is 0 Å². The highest BCUT2D eigenvalue weighted by Gasteiger charge is 2.33. The second kappa shape index (κ2) is 9.76. The van der Waals surface area contributed by atoms with Crippen molar-refractivity contribution in [3.63, 3.8) is 0 Å². The van der Waals surface area contributed by atoms with Gasteiger partial charge in [0.1, 0.15) is 0 Å². The molecule has 178 valence electrons. The largest absolute Gasteiger partial charge is 0.368 e. The maximum atomic E-state index is 12.5. The third-order valence-electron chi connectivity index (χ3n) is 6.86. The highest BCUT2D eigenvalue weighted by molar-refractivity contribution is 6.33. The van der Waals surface area contributed by atoms with Gasteiger partial charge in [0.25, 0.3) is 5.91 Å². The van der Waals surface area contributed by atoms with Gasteiger partial charge in [0, 0.05) is 56.9 Å². The molecule has 0 aliphatic carbocycles.